The maximum absolute atomic E-state index is 12.0. The highest BCUT2D eigenvalue weighted by atomic mass is 32.2. The number of carbonyl (C=O) groups is 1. The molecule has 0 spiro atoms. The molecular weight excluding hydrogens is 328 g/mol. The number of nitrogens with zero attached hydrogens (tertiary/aromatic N) is 3. The van der Waals surface area contributed by atoms with Crippen LogP contribution in [0.1, 0.15) is 5.56 Å². The van der Waals surface area contributed by atoms with Gasteiger partial charge >= 0.3 is 0 Å². The predicted molar refractivity (Wildman–Crippen MR) is 94.8 cm³/mol. The van der Waals surface area contributed by atoms with Gasteiger partial charge in [0.1, 0.15) is 0 Å². The van der Waals surface area contributed by atoms with Crippen LogP contribution in [0.15, 0.2) is 46.9 Å². The highest BCUT2D eigenvalue weighted by Gasteiger charge is 2.13. The van der Waals surface area contributed by atoms with E-state index in [4.69, 9.17) is 0 Å². The second-order valence-electron chi connectivity index (χ2n) is 5.05. The van der Waals surface area contributed by atoms with Gasteiger partial charge in [0.05, 0.1) is 10.6 Å². The molecule has 0 saturated carbocycles. The molecule has 23 heavy (non-hydrogen) atoms. The number of amides is 1. The number of nitrogens with one attached hydrogen (secondary N) is 1. The Morgan fingerprint density at radius 1 is 1.26 bits per heavy atom. The second-order valence-corrected chi connectivity index (χ2v) is 6.94. The number of aromatic nitrogens is 3. The Morgan fingerprint density at radius 3 is 2.74 bits per heavy atom. The average Bonchev–Trinajstić information content (AvgIpc) is 3.17. The van der Waals surface area contributed by atoms with Crippen molar-refractivity contribution >= 4 is 34.7 Å². The van der Waals surface area contributed by atoms with Gasteiger partial charge in [0, 0.05) is 12.7 Å². The van der Waals surface area contributed by atoms with E-state index in [1.807, 2.05) is 60.3 Å². The fourth-order valence-electron chi connectivity index (χ4n) is 2.03. The molecule has 0 aliphatic rings. The summed E-state index contributed by atoms with van der Waals surface area (Å²) in [5, 5.41) is 14.0. The van der Waals surface area contributed by atoms with Crippen LogP contribution in [0.2, 0.25) is 0 Å². The molecule has 3 rings (SSSR count). The van der Waals surface area contributed by atoms with Crippen molar-refractivity contribution in [3.05, 3.63) is 47.3 Å². The summed E-state index contributed by atoms with van der Waals surface area (Å²) in [6, 6.07) is 11.7. The average molecular weight is 344 g/mol. The van der Waals surface area contributed by atoms with Crippen molar-refractivity contribution in [2.45, 2.75) is 12.1 Å². The molecule has 0 aliphatic carbocycles. The number of thiophene rings is 1. The lowest BCUT2D eigenvalue weighted by molar-refractivity contribution is -0.113. The van der Waals surface area contributed by atoms with Gasteiger partial charge in [-0.1, -0.05) is 35.5 Å². The molecule has 1 aromatic carbocycles. The number of hydrogen-bond acceptors (Lipinski definition) is 5. The first-order valence-electron chi connectivity index (χ1n) is 7.06. The number of thioether (sulfide) groups is 1. The standard InChI is InChI=1S/C16H16N4OS2/c1-11-5-7-12(8-6-11)17-14(21)10-23-16-19-18-15(20(16)2)13-4-3-9-22-13/h3-9H,10H2,1-2H3,(H,17,21). The molecule has 0 saturated heterocycles. The molecule has 1 amide bonds. The normalized spacial score (nSPS) is 10.7. The first-order chi connectivity index (χ1) is 11.1. The molecule has 2 heterocycles. The number of aryl methyl sites for hydroxylation is 1. The van der Waals surface area contributed by atoms with E-state index in [2.05, 4.69) is 15.5 Å². The number of carbonyl (C=O) groups excluding carboxylic acids is 1. The molecule has 1 N–H and O–H groups in total. The molecule has 5 nitrogen and oxygen atoms in total. The Kier molecular flexibility index (Phi) is 4.78. The van der Waals surface area contributed by atoms with E-state index in [9.17, 15) is 4.79 Å². The minimum Gasteiger partial charge on any atom is -0.325 e. The van der Waals surface area contributed by atoms with Crippen molar-refractivity contribution in [1.29, 1.82) is 0 Å². The molecule has 7 heteroatoms. The Balaban J connectivity index is 1.60. The Morgan fingerprint density at radius 2 is 2.04 bits per heavy atom. The highest BCUT2D eigenvalue weighted by molar-refractivity contribution is 7.99. The zero-order valence-electron chi connectivity index (χ0n) is 12.8. The SMILES string of the molecule is Cc1ccc(NC(=O)CSc2nnc(-c3cccs3)n2C)cc1. The Labute approximate surface area is 142 Å². The minimum atomic E-state index is -0.0560. The van der Waals surface area contributed by atoms with Crippen molar-refractivity contribution in [1.82, 2.24) is 14.8 Å². The molecular formula is C16H16N4OS2. The summed E-state index contributed by atoms with van der Waals surface area (Å²) in [6.45, 7) is 2.01. The quantitative estimate of drug-likeness (QED) is 0.719. The number of rotatable bonds is 5. The van der Waals surface area contributed by atoms with Gasteiger partial charge in [0.15, 0.2) is 11.0 Å². The van der Waals surface area contributed by atoms with E-state index in [0.717, 1.165) is 27.1 Å². The summed E-state index contributed by atoms with van der Waals surface area (Å²) in [4.78, 5) is 13.1. The number of hydrogen-bond donors (Lipinski definition) is 1. The molecule has 0 radical (unpaired) electrons. The summed E-state index contributed by atoms with van der Waals surface area (Å²) in [7, 11) is 1.91. The zero-order valence-corrected chi connectivity index (χ0v) is 14.4. The molecule has 0 aliphatic heterocycles. The van der Waals surface area contributed by atoms with Crippen LogP contribution in [0.3, 0.4) is 0 Å². The van der Waals surface area contributed by atoms with Gasteiger partial charge in [0.25, 0.3) is 0 Å². The lowest BCUT2D eigenvalue weighted by Crippen LogP contribution is -2.14. The fourth-order valence-corrected chi connectivity index (χ4v) is 3.48. The summed E-state index contributed by atoms with van der Waals surface area (Å²) in [6.07, 6.45) is 0. The molecule has 0 fully saturated rings. The van der Waals surface area contributed by atoms with Gasteiger partial charge in [-0.25, -0.2) is 0 Å². The third-order valence-electron chi connectivity index (χ3n) is 3.24. The summed E-state index contributed by atoms with van der Waals surface area (Å²) in [5.74, 6) is 1.06. The molecule has 0 unspecified atom stereocenters. The van der Waals surface area contributed by atoms with Crippen LogP contribution in [-0.4, -0.2) is 26.4 Å². The summed E-state index contributed by atoms with van der Waals surface area (Å²) >= 11 is 3.00. The van der Waals surface area contributed by atoms with Gasteiger partial charge in [-0.05, 0) is 30.5 Å². The van der Waals surface area contributed by atoms with Crippen LogP contribution >= 0.6 is 23.1 Å². The van der Waals surface area contributed by atoms with E-state index in [0.29, 0.717) is 5.75 Å². The first kappa shape index (κ1) is 15.8. The van der Waals surface area contributed by atoms with E-state index < -0.39 is 0 Å². The molecule has 0 bridgehead atoms. The topological polar surface area (TPSA) is 59.8 Å². The van der Waals surface area contributed by atoms with E-state index in [-0.39, 0.29) is 5.91 Å². The van der Waals surface area contributed by atoms with Crippen molar-refractivity contribution in [3.8, 4) is 10.7 Å². The minimum absolute atomic E-state index is 0.0560. The van der Waals surface area contributed by atoms with Crippen molar-refractivity contribution < 1.29 is 4.79 Å². The Hall–Kier alpha value is -2.12. The lowest BCUT2D eigenvalue weighted by Gasteiger charge is -2.05. The van der Waals surface area contributed by atoms with Crippen LogP contribution in [-0.2, 0) is 11.8 Å². The van der Waals surface area contributed by atoms with E-state index >= 15 is 0 Å². The predicted octanol–water partition coefficient (Wildman–Crippen LogP) is 3.58. The van der Waals surface area contributed by atoms with Crippen molar-refractivity contribution in [3.63, 3.8) is 0 Å². The van der Waals surface area contributed by atoms with Gasteiger partial charge in [-0.3, -0.25) is 4.79 Å². The number of anilines is 1. The molecule has 2 aromatic heterocycles. The summed E-state index contributed by atoms with van der Waals surface area (Å²) < 4.78 is 1.91. The maximum atomic E-state index is 12.0. The van der Waals surface area contributed by atoms with Crippen LogP contribution in [0.5, 0.6) is 0 Å². The van der Waals surface area contributed by atoms with Crippen LogP contribution in [0.4, 0.5) is 5.69 Å². The van der Waals surface area contributed by atoms with Crippen LogP contribution in [0, 0.1) is 6.92 Å². The van der Waals surface area contributed by atoms with Crippen LogP contribution in [0.25, 0.3) is 10.7 Å². The highest BCUT2D eigenvalue weighted by Crippen LogP contribution is 2.26. The van der Waals surface area contributed by atoms with E-state index in [1.54, 1.807) is 11.3 Å². The molecule has 3 aromatic rings. The van der Waals surface area contributed by atoms with Crippen molar-refractivity contribution in [2.75, 3.05) is 11.1 Å². The van der Waals surface area contributed by atoms with Crippen molar-refractivity contribution in [2.24, 2.45) is 7.05 Å². The smallest absolute Gasteiger partial charge is 0.234 e. The first-order valence-corrected chi connectivity index (χ1v) is 8.92. The maximum Gasteiger partial charge on any atom is 0.234 e. The number of benzene rings is 1. The summed E-state index contributed by atoms with van der Waals surface area (Å²) in [5.41, 5.74) is 1.97. The monoisotopic (exact) mass is 344 g/mol. The van der Waals surface area contributed by atoms with Gasteiger partial charge in [-0.15, -0.1) is 21.5 Å². The molecule has 118 valence electrons. The largest absolute Gasteiger partial charge is 0.325 e. The third kappa shape index (κ3) is 3.80. The zero-order chi connectivity index (χ0) is 16.2. The third-order valence-corrected chi connectivity index (χ3v) is 5.13. The van der Waals surface area contributed by atoms with Gasteiger partial charge in [-0.2, -0.15) is 0 Å². The second kappa shape index (κ2) is 6.97. The Bertz CT molecular complexity index is 794. The van der Waals surface area contributed by atoms with E-state index in [1.165, 1.54) is 11.8 Å². The van der Waals surface area contributed by atoms with Gasteiger partial charge < -0.3 is 9.88 Å². The fraction of sp³-hybridized carbons (Fsp3) is 0.188. The molecule has 0 atom stereocenters. The van der Waals surface area contributed by atoms with Gasteiger partial charge in [0.2, 0.25) is 5.91 Å². The van der Waals surface area contributed by atoms with Crippen LogP contribution < -0.4 is 5.32 Å². The lowest BCUT2D eigenvalue weighted by atomic mass is 10.2.